The minimum absolute atomic E-state index is 0.0302. The zero-order valence-electron chi connectivity index (χ0n) is 46.8. The summed E-state index contributed by atoms with van der Waals surface area (Å²) in [4.78, 5) is 23.3. The molecule has 14 heterocycles. The monoisotopic (exact) mass is 1410 g/mol. The van der Waals surface area contributed by atoms with Crippen LogP contribution in [-0.4, -0.2) is 17.5 Å². The molecule has 0 saturated heterocycles. The number of hydrogen-bond acceptors (Lipinski definition) is 22. The summed E-state index contributed by atoms with van der Waals surface area (Å²) in [6.45, 7) is 9.02. The molecule has 0 amide bonds. The number of fused-ring (bicyclic) bond motifs is 15. The van der Waals surface area contributed by atoms with Crippen molar-refractivity contribution in [2.75, 3.05) is 0 Å². The van der Waals surface area contributed by atoms with Gasteiger partial charge < -0.3 is 0 Å². The standard InChI is InChI=1S/C68H32N8S14/c1-29-5-17-47(77-29)67(48-18-6-30(2)78-48)51-59-45(23-43(83-59)41-15-13-39(81-41)37-11-9-35(21-33(25-69)26-70)55-57(37)75-89-73-55)85-61(51)63-53(67)65-66(87-63)54-64(88-65)62-52(68(54,49-19-7-31(3)79-49)50-20-8-32(4)80-50)60-46(86-62)24-44(84-60)42-16-14-40(82-42)38-12-10-36(22-34(27-71)28-72)56-58(38)76-90-74-56/h5-24H,1-4H3. The molecule has 0 fully saturated rings. The van der Waals surface area contributed by atoms with E-state index < -0.39 is 10.8 Å². The average molecular weight is 1410 g/mol. The minimum atomic E-state index is -0.551. The summed E-state index contributed by atoms with van der Waals surface area (Å²) in [5.74, 6) is 0. The van der Waals surface area contributed by atoms with Gasteiger partial charge in [0.2, 0.25) is 0 Å². The molecule has 0 aliphatic heterocycles. The smallest absolute Gasteiger partial charge is 0.130 e. The number of hydrogen-bond donors (Lipinski definition) is 0. The number of aromatic nitrogens is 4. The number of benzene rings is 2. The maximum atomic E-state index is 9.53. The Balaban J connectivity index is 0.820. The fourth-order valence-corrected chi connectivity index (χ4v) is 29.8. The molecule has 16 aromatic rings. The Bertz CT molecular complexity index is 5550. The van der Waals surface area contributed by atoms with Gasteiger partial charge in [0.1, 0.15) is 57.5 Å². The summed E-state index contributed by atoms with van der Waals surface area (Å²) in [6.07, 6.45) is 3.18. The predicted octanol–water partition coefficient (Wildman–Crippen LogP) is 23.4. The van der Waals surface area contributed by atoms with Gasteiger partial charge in [-0.05, 0) is 125 Å². The van der Waals surface area contributed by atoms with Gasteiger partial charge in [-0.2, -0.15) is 38.5 Å². The summed E-state index contributed by atoms with van der Waals surface area (Å²) in [7, 11) is 0. The van der Waals surface area contributed by atoms with Gasteiger partial charge in [-0.25, -0.2) is 0 Å². The van der Waals surface area contributed by atoms with E-state index in [0.29, 0.717) is 22.2 Å². The quantitative estimate of drug-likeness (QED) is 0.123. The first-order valence-corrected chi connectivity index (χ1v) is 39.0. The number of nitriles is 4. The molecule has 0 bridgehead atoms. The second-order valence-electron chi connectivity index (χ2n) is 21.9. The first-order valence-electron chi connectivity index (χ1n) is 27.8. The van der Waals surface area contributed by atoms with Gasteiger partial charge in [0.15, 0.2) is 0 Å². The second kappa shape index (κ2) is 20.6. The summed E-state index contributed by atoms with van der Waals surface area (Å²) in [5.41, 5.74) is 11.0. The molecule has 90 heavy (non-hydrogen) atoms. The summed E-state index contributed by atoms with van der Waals surface area (Å²) < 4.78 is 26.8. The van der Waals surface area contributed by atoms with E-state index in [-0.39, 0.29) is 11.1 Å². The SMILES string of the molecule is Cc1ccc(C2(c3ccc(C)s3)c3c(sc4cc(-c5ccc(-c6ccc(C=C(C#N)C#N)c7nsnc67)s5)sc34)-c3sc4c5c(sc4c32)-c2sc3cc(-c4ccc(-c6ccc(C=C(C#N)C#N)c7nsnc67)s4)sc3c2C5(c2ccc(C)s2)c2ccc(C)s2)s1. The Labute approximate surface area is 569 Å². The number of nitrogens with zero attached hydrogens (tertiary/aromatic N) is 8. The van der Waals surface area contributed by atoms with Crippen LogP contribution in [0.4, 0.5) is 0 Å². The van der Waals surface area contributed by atoms with Crippen molar-refractivity contribution in [2.45, 2.75) is 38.5 Å². The van der Waals surface area contributed by atoms with Crippen LogP contribution in [0.15, 0.2) is 120 Å². The maximum Gasteiger partial charge on any atom is 0.130 e. The number of rotatable bonds is 10. The highest BCUT2D eigenvalue weighted by Crippen LogP contribution is 2.73. The Kier molecular flexibility index (Phi) is 12.7. The fraction of sp³-hybridized carbons (Fsp3) is 0.0882. The largest absolute Gasteiger partial charge is 0.192 e. The van der Waals surface area contributed by atoms with Crippen LogP contribution in [0.5, 0.6) is 0 Å². The Morgan fingerprint density at radius 1 is 0.344 bits per heavy atom. The van der Waals surface area contributed by atoms with Crippen molar-refractivity contribution in [2.24, 2.45) is 0 Å². The summed E-state index contributed by atoms with van der Waals surface area (Å²) >= 11 is 25.4. The lowest BCUT2D eigenvalue weighted by atomic mass is 9.75. The zero-order chi connectivity index (χ0) is 60.6. The van der Waals surface area contributed by atoms with Crippen LogP contribution in [0, 0.1) is 73.0 Å². The first kappa shape index (κ1) is 55.5. The number of aryl methyl sites for hydroxylation is 4. The molecule has 14 aromatic heterocycles. The molecule has 18 rings (SSSR count). The molecule has 428 valence electrons. The third kappa shape index (κ3) is 7.78. The fourth-order valence-electron chi connectivity index (χ4n) is 13.1. The van der Waals surface area contributed by atoms with Crippen LogP contribution in [-0.2, 0) is 10.8 Å². The number of thiophene rings is 12. The summed E-state index contributed by atoms with van der Waals surface area (Å²) in [5, 5.41) is 38.1. The van der Waals surface area contributed by atoms with Crippen LogP contribution in [0.1, 0.15) is 72.4 Å². The highest BCUT2D eigenvalue weighted by atomic mass is 32.2. The molecular weight excluding hydrogens is 1380 g/mol. The Hall–Kier alpha value is -7.30. The van der Waals surface area contributed by atoms with E-state index in [1.54, 1.807) is 34.8 Å². The lowest BCUT2D eigenvalue weighted by Gasteiger charge is -2.30. The van der Waals surface area contributed by atoms with Gasteiger partial charge in [-0.3, -0.25) is 0 Å². The number of allylic oxidation sites excluding steroid dienone is 2. The van der Waals surface area contributed by atoms with Crippen LogP contribution in [0.2, 0.25) is 0 Å². The van der Waals surface area contributed by atoms with Gasteiger partial charge in [0.05, 0.1) is 72.6 Å². The predicted molar refractivity (Wildman–Crippen MR) is 389 cm³/mol. The van der Waals surface area contributed by atoms with Crippen molar-refractivity contribution in [3.05, 3.63) is 193 Å². The van der Waals surface area contributed by atoms with E-state index in [4.69, 9.17) is 8.75 Å². The molecule has 2 aliphatic rings. The van der Waals surface area contributed by atoms with Crippen molar-refractivity contribution in [1.82, 2.24) is 17.5 Å². The first-order chi connectivity index (χ1) is 44.0. The molecule has 22 heteroatoms. The van der Waals surface area contributed by atoms with Gasteiger partial charge in [-0.15, -0.1) is 136 Å². The van der Waals surface area contributed by atoms with Gasteiger partial charge in [0.25, 0.3) is 0 Å². The molecule has 0 unspecified atom stereocenters. The minimum Gasteiger partial charge on any atom is -0.192 e. The molecule has 0 atom stereocenters. The molecule has 0 N–H and O–H groups in total. The normalized spacial score (nSPS) is 13.5. The maximum absolute atomic E-state index is 9.53. The van der Waals surface area contributed by atoms with E-state index in [9.17, 15) is 21.0 Å². The lowest BCUT2D eigenvalue weighted by molar-refractivity contribution is 0.826. The van der Waals surface area contributed by atoms with E-state index >= 15 is 0 Å². The summed E-state index contributed by atoms with van der Waals surface area (Å²) in [6, 6.07) is 48.7. The van der Waals surface area contributed by atoms with Gasteiger partial charge in [0, 0.05) is 122 Å². The van der Waals surface area contributed by atoms with Crippen LogP contribution in [0.25, 0.3) is 122 Å². The van der Waals surface area contributed by atoms with Crippen LogP contribution < -0.4 is 0 Å². The van der Waals surface area contributed by atoms with E-state index in [2.05, 4.69) is 121 Å². The van der Waals surface area contributed by atoms with Crippen LogP contribution in [0.3, 0.4) is 0 Å². The highest BCUT2D eigenvalue weighted by Gasteiger charge is 2.58. The molecule has 0 spiro atoms. The second-order valence-corrected chi connectivity index (χ2v) is 36.5. The molecular formula is C68H32N8S14. The molecule has 2 aromatic carbocycles. The van der Waals surface area contributed by atoms with Crippen molar-refractivity contribution < 1.29 is 0 Å². The van der Waals surface area contributed by atoms with Crippen molar-refractivity contribution >= 4 is 222 Å². The lowest BCUT2D eigenvalue weighted by Crippen LogP contribution is -2.26. The van der Waals surface area contributed by atoms with Crippen molar-refractivity contribution in [3.8, 4) is 84.2 Å². The third-order valence-corrected chi connectivity index (χ3v) is 32.7. The van der Waals surface area contributed by atoms with Crippen molar-refractivity contribution in [1.29, 1.82) is 21.0 Å². The van der Waals surface area contributed by atoms with E-state index in [1.165, 1.54) is 128 Å². The van der Waals surface area contributed by atoms with Crippen molar-refractivity contribution in [3.63, 3.8) is 0 Å². The van der Waals surface area contributed by atoms with Gasteiger partial charge in [-0.1, -0.05) is 24.3 Å². The topological polar surface area (TPSA) is 147 Å². The average Bonchev–Trinajstić information content (AvgIpc) is 1.48. The molecule has 8 nitrogen and oxygen atoms in total. The molecule has 0 radical (unpaired) electrons. The van der Waals surface area contributed by atoms with Crippen LogP contribution >= 0.6 is 159 Å². The molecule has 0 saturated carbocycles. The van der Waals surface area contributed by atoms with E-state index in [0.717, 1.165) is 55.4 Å². The Morgan fingerprint density at radius 3 is 1.04 bits per heavy atom. The Morgan fingerprint density at radius 2 is 0.689 bits per heavy atom. The molecule has 2 aliphatic carbocycles. The highest BCUT2D eigenvalue weighted by molar-refractivity contribution is 7.39. The zero-order valence-corrected chi connectivity index (χ0v) is 58.3. The third-order valence-electron chi connectivity index (χ3n) is 16.8. The van der Waals surface area contributed by atoms with E-state index in [1.807, 2.05) is 162 Å². The van der Waals surface area contributed by atoms with Gasteiger partial charge >= 0.3 is 0 Å².